The Bertz CT molecular complexity index is 761. The molecule has 0 aliphatic carbocycles. The second-order valence-corrected chi connectivity index (χ2v) is 6.32. The van der Waals surface area contributed by atoms with Gasteiger partial charge in [0.2, 0.25) is 13.1 Å². The number of hydrogen-bond donors (Lipinski definition) is 0. The molecule has 1 aromatic rings. The van der Waals surface area contributed by atoms with Crippen LogP contribution in [0.2, 0.25) is 0 Å². The first kappa shape index (κ1) is 19.7. The van der Waals surface area contributed by atoms with Crippen molar-refractivity contribution in [3.8, 4) is 11.5 Å². The highest BCUT2D eigenvalue weighted by Gasteiger charge is 2.29. The Kier molecular flexibility index (Phi) is 5.88. The van der Waals surface area contributed by atoms with Crippen molar-refractivity contribution in [2.75, 3.05) is 27.1 Å². The Labute approximate surface area is 161 Å². The lowest BCUT2D eigenvalue weighted by molar-refractivity contribution is -0.138. The van der Waals surface area contributed by atoms with Crippen LogP contribution in [0.15, 0.2) is 18.2 Å². The van der Waals surface area contributed by atoms with Crippen LogP contribution in [0.4, 0.5) is 9.59 Å². The number of nitrogens with zero attached hydrogens (tertiary/aromatic N) is 1. The minimum Gasteiger partial charge on any atom is -0.454 e. The van der Waals surface area contributed by atoms with Crippen molar-refractivity contribution >= 4 is 18.0 Å². The fourth-order valence-electron chi connectivity index (χ4n) is 2.46. The van der Waals surface area contributed by atoms with Crippen molar-refractivity contribution in [2.24, 2.45) is 0 Å². The normalized spacial score (nSPS) is 17.1. The van der Waals surface area contributed by atoms with Crippen molar-refractivity contribution in [2.45, 2.75) is 32.3 Å². The zero-order chi connectivity index (χ0) is 20.3. The molecule has 2 aliphatic heterocycles. The number of Topliss-reactive ketones (excluding diaryl/α,β-unsaturated/α-hetero) is 1. The van der Waals surface area contributed by atoms with E-state index >= 15 is 0 Å². The molecule has 0 spiro atoms. The number of ketones is 1. The minimum absolute atomic E-state index is 0.100. The van der Waals surface area contributed by atoms with Gasteiger partial charge in [-0.15, -0.1) is 0 Å². The topological polar surface area (TPSA) is 110 Å². The molecule has 1 amide bonds. The molecule has 2 atom stereocenters. The van der Waals surface area contributed by atoms with Crippen LogP contribution in [-0.2, 0) is 18.9 Å². The third kappa shape index (κ3) is 4.45. The van der Waals surface area contributed by atoms with Crippen LogP contribution < -0.4 is 9.47 Å². The van der Waals surface area contributed by atoms with Crippen LogP contribution >= 0.6 is 0 Å². The molecule has 28 heavy (non-hydrogen) atoms. The Balaban J connectivity index is 1.51. The zero-order valence-electron chi connectivity index (χ0n) is 15.7. The number of likely N-dealkylation sites (N-methyl/N-ethyl adjacent to an activating group) is 1. The van der Waals surface area contributed by atoms with E-state index in [1.807, 2.05) is 0 Å². The highest BCUT2D eigenvalue weighted by Crippen LogP contribution is 2.33. The van der Waals surface area contributed by atoms with Gasteiger partial charge < -0.3 is 33.3 Å². The average molecular weight is 395 g/mol. The fourth-order valence-corrected chi connectivity index (χ4v) is 2.46. The van der Waals surface area contributed by atoms with Gasteiger partial charge in [0.05, 0.1) is 19.3 Å². The average Bonchev–Trinajstić information content (AvgIpc) is 3.10. The lowest BCUT2D eigenvalue weighted by Crippen LogP contribution is -2.42. The van der Waals surface area contributed by atoms with E-state index in [0.29, 0.717) is 30.3 Å². The molecule has 1 aromatic carbocycles. The molecule has 2 heterocycles. The van der Waals surface area contributed by atoms with Crippen molar-refractivity contribution in [1.29, 1.82) is 0 Å². The van der Waals surface area contributed by atoms with Gasteiger partial charge in [-0.25, -0.2) is 9.59 Å². The molecule has 0 saturated carbocycles. The van der Waals surface area contributed by atoms with Crippen LogP contribution in [-0.4, -0.2) is 68.4 Å². The SMILES string of the molecule is CC(OC(=O)OC1COC1)OC(=O)N(C)C(C)C(=O)c1ccc2c(c1)OCO2. The largest absolute Gasteiger partial charge is 0.511 e. The van der Waals surface area contributed by atoms with E-state index in [-0.39, 0.29) is 18.7 Å². The number of carbonyl (C=O) groups is 3. The predicted octanol–water partition coefficient (Wildman–Crippen LogP) is 1.95. The summed E-state index contributed by atoms with van der Waals surface area (Å²) in [5.74, 6) is 0.722. The second kappa shape index (κ2) is 8.34. The summed E-state index contributed by atoms with van der Waals surface area (Å²) in [6.07, 6.45) is -3.32. The fraction of sp³-hybridized carbons (Fsp3) is 0.500. The maximum atomic E-state index is 12.7. The molecule has 3 rings (SSSR count). The van der Waals surface area contributed by atoms with Crippen LogP contribution in [0, 0.1) is 0 Å². The van der Waals surface area contributed by atoms with Gasteiger partial charge in [0, 0.05) is 19.5 Å². The van der Waals surface area contributed by atoms with E-state index in [1.165, 1.54) is 14.0 Å². The second-order valence-electron chi connectivity index (χ2n) is 6.32. The molecule has 1 saturated heterocycles. The van der Waals surface area contributed by atoms with Gasteiger partial charge in [0.1, 0.15) is 0 Å². The van der Waals surface area contributed by atoms with Gasteiger partial charge in [-0.1, -0.05) is 0 Å². The number of ether oxygens (including phenoxy) is 6. The number of rotatable bonds is 6. The van der Waals surface area contributed by atoms with Crippen LogP contribution in [0.1, 0.15) is 24.2 Å². The van der Waals surface area contributed by atoms with Gasteiger partial charge in [0.25, 0.3) is 0 Å². The summed E-state index contributed by atoms with van der Waals surface area (Å²) in [6.45, 7) is 3.65. The summed E-state index contributed by atoms with van der Waals surface area (Å²) in [5.41, 5.74) is 0.368. The molecule has 0 bridgehead atoms. The Morgan fingerprint density at radius 1 is 1.11 bits per heavy atom. The molecular formula is C18H21NO9. The molecule has 2 aliphatic rings. The van der Waals surface area contributed by atoms with Gasteiger partial charge in [-0.3, -0.25) is 4.79 Å². The zero-order valence-corrected chi connectivity index (χ0v) is 15.7. The van der Waals surface area contributed by atoms with E-state index in [9.17, 15) is 14.4 Å². The Morgan fingerprint density at radius 2 is 1.82 bits per heavy atom. The Morgan fingerprint density at radius 3 is 2.50 bits per heavy atom. The standard InChI is InChI=1S/C18H21NO9/c1-10(16(20)12-4-5-14-15(6-12)25-9-24-14)19(3)17(21)26-11(2)27-18(22)28-13-7-23-8-13/h4-6,10-11,13H,7-9H2,1-3H3. The molecule has 10 nitrogen and oxygen atoms in total. The molecule has 10 heteroatoms. The van der Waals surface area contributed by atoms with Crippen molar-refractivity contribution in [1.82, 2.24) is 4.90 Å². The molecule has 2 unspecified atom stereocenters. The molecule has 0 radical (unpaired) electrons. The van der Waals surface area contributed by atoms with E-state index in [2.05, 4.69) is 0 Å². The molecule has 0 aromatic heterocycles. The summed E-state index contributed by atoms with van der Waals surface area (Å²) >= 11 is 0. The first-order valence-corrected chi connectivity index (χ1v) is 8.67. The first-order chi connectivity index (χ1) is 13.3. The third-order valence-corrected chi connectivity index (χ3v) is 4.30. The minimum atomic E-state index is -1.18. The number of fused-ring (bicyclic) bond motifs is 1. The molecule has 0 N–H and O–H groups in total. The van der Waals surface area contributed by atoms with Gasteiger partial charge in [-0.2, -0.15) is 0 Å². The van der Waals surface area contributed by atoms with Crippen molar-refractivity contribution in [3.05, 3.63) is 23.8 Å². The predicted molar refractivity (Wildman–Crippen MR) is 92.2 cm³/mol. The quantitative estimate of drug-likeness (QED) is 0.405. The van der Waals surface area contributed by atoms with E-state index in [4.69, 9.17) is 28.4 Å². The number of amides is 1. The van der Waals surface area contributed by atoms with Gasteiger partial charge in [0.15, 0.2) is 23.4 Å². The van der Waals surface area contributed by atoms with Crippen molar-refractivity contribution in [3.63, 3.8) is 0 Å². The van der Waals surface area contributed by atoms with E-state index in [1.54, 1.807) is 25.1 Å². The molecule has 152 valence electrons. The molecular weight excluding hydrogens is 374 g/mol. The van der Waals surface area contributed by atoms with Crippen molar-refractivity contribution < 1.29 is 42.8 Å². The summed E-state index contributed by atoms with van der Waals surface area (Å²) in [7, 11) is 1.41. The van der Waals surface area contributed by atoms with E-state index in [0.717, 1.165) is 4.90 Å². The van der Waals surface area contributed by atoms with E-state index < -0.39 is 24.6 Å². The maximum absolute atomic E-state index is 12.7. The monoisotopic (exact) mass is 395 g/mol. The first-order valence-electron chi connectivity index (χ1n) is 8.67. The lowest BCUT2D eigenvalue weighted by atomic mass is 10.0. The van der Waals surface area contributed by atoms with Gasteiger partial charge in [-0.05, 0) is 25.1 Å². The molecule has 1 fully saturated rings. The summed E-state index contributed by atoms with van der Waals surface area (Å²) in [4.78, 5) is 37.6. The number of benzene rings is 1. The third-order valence-electron chi connectivity index (χ3n) is 4.30. The summed E-state index contributed by atoms with van der Waals surface area (Å²) < 4.78 is 30.1. The Hall–Kier alpha value is -3.01. The summed E-state index contributed by atoms with van der Waals surface area (Å²) in [6, 6.07) is 3.97. The maximum Gasteiger partial charge on any atom is 0.511 e. The number of carbonyl (C=O) groups excluding carboxylic acids is 3. The summed E-state index contributed by atoms with van der Waals surface area (Å²) in [5, 5.41) is 0. The smallest absolute Gasteiger partial charge is 0.454 e. The van der Waals surface area contributed by atoms with Gasteiger partial charge >= 0.3 is 12.2 Å². The van der Waals surface area contributed by atoms with Crippen LogP contribution in [0.5, 0.6) is 11.5 Å². The highest BCUT2D eigenvalue weighted by molar-refractivity contribution is 6.01. The van der Waals surface area contributed by atoms with Crippen LogP contribution in [0.3, 0.4) is 0 Å². The lowest BCUT2D eigenvalue weighted by Gasteiger charge is -2.27. The number of hydrogen-bond acceptors (Lipinski definition) is 9. The highest BCUT2D eigenvalue weighted by atomic mass is 16.8. The van der Waals surface area contributed by atoms with Crippen LogP contribution in [0.25, 0.3) is 0 Å².